The van der Waals surface area contributed by atoms with E-state index in [0.717, 1.165) is 15.6 Å². The van der Waals surface area contributed by atoms with E-state index in [4.69, 9.17) is 4.42 Å². The van der Waals surface area contributed by atoms with Gasteiger partial charge < -0.3 is 9.32 Å². The molecule has 0 spiro atoms. The van der Waals surface area contributed by atoms with Crippen LogP contribution in [0.5, 0.6) is 0 Å². The molecular weight excluding hydrogens is 374 g/mol. The van der Waals surface area contributed by atoms with E-state index in [2.05, 4.69) is 4.98 Å². The van der Waals surface area contributed by atoms with Crippen LogP contribution in [0.25, 0.3) is 0 Å². The SMILES string of the molecule is CN(Cc1ccco1)C(=O)CN(c1nccs1)S(=O)(=O)c1ccccc1. The molecule has 1 amide bonds. The van der Waals surface area contributed by atoms with Crippen molar-refractivity contribution < 1.29 is 17.6 Å². The van der Waals surface area contributed by atoms with Gasteiger partial charge in [0.1, 0.15) is 12.3 Å². The van der Waals surface area contributed by atoms with Crippen LogP contribution in [0.2, 0.25) is 0 Å². The Morgan fingerprint density at radius 3 is 2.58 bits per heavy atom. The highest BCUT2D eigenvalue weighted by Gasteiger charge is 2.29. The summed E-state index contributed by atoms with van der Waals surface area (Å²) in [6.45, 7) is -0.0924. The smallest absolute Gasteiger partial charge is 0.266 e. The number of thiazole rings is 1. The van der Waals surface area contributed by atoms with Crippen molar-refractivity contribution in [3.05, 3.63) is 66.1 Å². The average molecular weight is 391 g/mol. The van der Waals surface area contributed by atoms with E-state index in [9.17, 15) is 13.2 Å². The maximum atomic E-state index is 13.0. The predicted molar refractivity (Wildman–Crippen MR) is 98.3 cm³/mol. The van der Waals surface area contributed by atoms with Crippen LogP contribution in [-0.2, 0) is 21.4 Å². The van der Waals surface area contributed by atoms with E-state index >= 15 is 0 Å². The molecule has 136 valence electrons. The number of hydrogen-bond donors (Lipinski definition) is 0. The number of rotatable bonds is 7. The highest BCUT2D eigenvalue weighted by Crippen LogP contribution is 2.25. The molecule has 0 radical (unpaired) electrons. The minimum Gasteiger partial charge on any atom is -0.467 e. The maximum absolute atomic E-state index is 13.0. The van der Waals surface area contributed by atoms with Crippen LogP contribution < -0.4 is 4.31 Å². The zero-order valence-corrected chi connectivity index (χ0v) is 15.6. The summed E-state index contributed by atoms with van der Waals surface area (Å²) < 4.78 is 32.3. The molecule has 9 heteroatoms. The van der Waals surface area contributed by atoms with Gasteiger partial charge >= 0.3 is 0 Å². The Balaban J connectivity index is 1.85. The first-order valence-corrected chi connectivity index (χ1v) is 10.0. The second-order valence-electron chi connectivity index (χ2n) is 5.47. The standard InChI is InChI=1S/C17H17N3O4S2/c1-19(12-14-6-5-10-24-14)16(21)13-20(17-18-9-11-25-17)26(22,23)15-7-3-2-4-8-15/h2-11H,12-13H2,1H3. The summed E-state index contributed by atoms with van der Waals surface area (Å²) in [4.78, 5) is 18.2. The number of likely N-dealkylation sites (N-methyl/N-ethyl adjacent to an activating group) is 1. The number of nitrogens with zero attached hydrogens (tertiary/aromatic N) is 3. The lowest BCUT2D eigenvalue weighted by molar-refractivity contribution is -0.129. The van der Waals surface area contributed by atoms with Crippen molar-refractivity contribution in [1.29, 1.82) is 0 Å². The van der Waals surface area contributed by atoms with Crippen molar-refractivity contribution in [2.75, 3.05) is 17.9 Å². The summed E-state index contributed by atoms with van der Waals surface area (Å²) in [5.41, 5.74) is 0. The highest BCUT2D eigenvalue weighted by molar-refractivity contribution is 7.93. The number of aromatic nitrogens is 1. The summed E-state index contributed by atoms with van der Waals surface area (Å²) in [5, 5.41) is 1.91. The third-order valence-corrected chi connectivity index (χ3v) is 6.30. The monoisotopic (exact) mass is 391 g/mol. The molecule has 3 rings (SSSR count). The highest BCUT2D eigenvalue weighted by atomic mass is 32.2. The van der Waals surface area contributed by atoms with Gasteiger partial charge in [-0.2, -0.15) is 0 Å². The van der Waals surface area contributed by atoms with Crippen LogP contribution >= 0.6 is 11.3 Å². The molecule has 0 unspecified atom stereocenters. The van der Waals surface area contributed by atoms with Gasteiger partial charge in [-0.25, -0.2) is 17.7 Å². The van der Waals surface area contributed by atoms with E-state index in [1.54, 1.807) is 42.8 Å². The Kier molecular flexibility index (Phi) is 5.38. The van der Waals surface area contributed by atoms with E-state index in [1.807, 2.05) is 0 Å². The number of amides is 1. The first kappa shape index (κ1) is 18.2. The number of anilines is 1. The molecule has 0 atom stereocenters. The molecule has 0 aliphatic rings. The van der Waals surface area contributed by atoms with Crippen LogP contribution in [0.4, 0.5) is 5.13 Å². The molecular formula is C17H17N3O4S2. The Morgan fingerprint density at radius 2 is 1.96 bits per heavy atom. The zero-order chi connectivity index (χ0) is 18.6. The number of benzene rings is 1. The van der Waals surface area contributed by atoms with Crippen LogP contribution in [0.15, 0.2) is 69.6 Å². The first-order chi connectivity index (χ1) is 12.5. The maximum Gasteiger partial charge on any atom is 0.266 e. The fraction of sp³-hybridized carbons (Fsp3) is 0.176. The van der Waals surface area contributed by atoms with Gasteiger partial charge in [0.25, 0.3) is 10.0 Å². The number of furan rings is 1. The van der Waals surface area contributed by atoms with Gasteiger partial charge in [0.2, 0.25) is 5.91 Å². The largest absolute Gasteiger partial charge is 0.467 e. The molecule has 0 fully saturated rings. The van der Waals surface area contributed by atoms with Crippen LogP contribution in [0, 0.1) is 0 Å². The predicted octanol–water partition coefficient (Wildman–Crippen LogP) is 2.59. The van der Waals surface area contributed by atoms with Crippen molar-refractivity contribution in [1.82, 2.24) is 9.88 Å². The minimum atomic E-state index is -3.90. The van der Waals surface area contributed by atoms with Crippen molar-refractivity contribution in [2.45, 2.75) is 11.4 Å². The molecule has 26 heavy (non-hydrogen) atoms. The van der Waals surface area contributed by atoms with Gasteiger partial charge in [0, 0.05) is 18.6 Å². The molecule has 3 aromatic rings. The number of hydrogen-bond acceptors (Lipinski definition) is 6. The van der Waals surface area contributed by atoms with Gasteiger partial charge in [0.15, 0.2) is 5.13 Å². The number of carbonyl (C=O) groups is 1. The lowest BCUT2D eigenvalue weighted by atomic mass is 10.4. The Labute approximate surface area is 155 Å². The molecule has 0 saturated carbocycles. The summed E-state index contributed by atoms with van der Waals surface area (Å²) in [6, 6.07) is 11.5. The van der Waals surface area contributed by atoms with Crippen molar-refractivity contribution in [3.63, 3.8) is 0 Å². The quantitative estimate of drug-likeness (QED) is 0.618. The Morgan fingerprint density at radius 1 is 1.19 bits per heavy atom. The van der Waals surface area contributed by atoms with E-state index in [0.29, 0.717) is 5.76 Å². The summed E-state index contributed by atoms with van der Waals surface area (Å²) >= 11 is 1.16. The van der Waals surface area contributed by atoms with E-state index in [1.165, 1.54) is 29.5 Å². The summed E-state index contributed by atoms with van der Waals surface area (Å²) in [6.07, 6.45) is 3.03. The van der Waals surface area contributed by atoms with Gasteiger partial charge in [-0.15, -0.1) is 11.3 Å². The summed E-state index contributed by atoms with van der Waals surface area (Å²) in [5.74, 6) is 0.253. The molecule has 0 saturated heterocycles. The van der Waals surface area contributed by atoms with Gasteiger partial charge in [-0.1, -0.05) is 18.2 Å². The lowest BCUT2D eigenvalue weighted by Gasteiger charge is -2.24. The van der Waals surface area contributed by atoms with E-state index in [-0.39, 0.29) is 29.0 Å². The Bertz CT molecular complexity index is 939. The second-order valence-corrected chi connectivity index (χ2v) is 8.20. The number of carbonyl (C=O) groups excluding carboxylic acids is 1. The molecule has 0 aliphatic carbocycles. The molecule has 2 heterocycles. The topological polar surface area (TPSA) is 83.7 Å². The molecule has 7 nitrogen and oxygen atoms in total. The molecule has 0 bridgehead atoms. The van der Waals surface area contributed by atoms with E-state index < -0.39 is 10.0 Å². The fourth-order valence-corrected chi connectivity index (χ4v) is 4.54. The average Bonchev–Trinajstić information content (AvgIpc) is 3.34. The van der Waals surface area contributed by atoms with Crippen LogP contribution in [-0.4, -0.2) is 37.8 Å². The van der Waals surface area contributed by atoms with Crippen LogP contribution in [0.1, 0.15) is 5.76 Å². The molecule has 0 aliphatic heterocycles. The normalized spacial score (nSPS) is 11.3. The zero-order valence-electron chi connectivity index (χ0n) is 14.0. The molecule has 2 aromatic heterocycles. The van der Waals surface area contributed by atoms with Crippen molar-refractivity contribution in [3.8, 4) is 0 Å². The first-order valence-electron chi connectivity index (χ1n) is 7.72. The van der Waals surface area contributed by atoms with Gasteiger partial charge in [-0.05, 0) is 24.3 Å². The fourth-order valence-electron chi connectivity index (χ4n) is 2.28. The van der Waals surface area contributed by atoms with Crippen molar-refractivity contribution in [2.24, 2.45) is 0 Å². The second kappa shape index (κ2) is 7.71. The number of sulfonamides is 1. The third-order valence-electron chi connectivity index (χ3n) is 3.64. The minimum absolute atomic E-state index is 0.108. The Hall–Kier alpha value is -2.65. The van der Waals surface area contributed by atoms with Crippen molar-refractivity contribution >= 4 is 32.4 Å². The molecule has 0 N–H and O–H groups in total. The van der Waals surface area contributed by atoms with Crippen LogP contribution in [0.3, 0.4) is 0 Å². The molecule has 1 aromatic carbocycles. The van der Waals surface area contributed by atoms with Gasteiger partial charge in [0.05, 0.1) is 17.7 Å². The lowest BCUT2D eigenvalue weighted by Crippen LogP contribution is -2.41. The summed E-state index contributed by atoms with van der Waals surface area (Å²) in [7, 11) is -2.31. The van der Waals surface area contributed by atoms with Gasteiger partial charge in [-0.3, -0.25) is 4.79 Å². The third kappa shape index (κ3) is 3.94.